The molecule has 2 heterocycles. The average Bonchev–Trinajstić information content (AvgIpc) is 3.21. The summed E-state index contributed by atoms with van der Waals surface area (Å²) in [7, 11) is 0. The van der Waals surface area contributed by atoms with E-state index in [2.05, 4.69) is 4.98 Å². The molecule has 2 aromatic heterocycles. The van der Waals surface area contributed by atoms with E-state index in [9.17, 15) is 9.59 Å². The number of nitrogens with zero attached hydrogens (tertiary/aromatic N) is 2. The number of rotatable bonds is 6. The minimum absolute atomic E-state index is 0.0220. The van der Waals surface area contributed by atoms with Crippen LogP contribution >= 0.6 is 23.1 Å². The highest BCUT2D eigenvalue weighted by atomic mass is 32.2. The van der Waals surface area contributed by atoms with Crippen molar-refractivity contribution in [2.75, 3.05) is 0 Å². The van der Waals surface area contributed by atoms with Crippen LogP contribution in [0.2, 0.25) is 0 Å². The molecule has 5 rings (SSSR count). The van der Waals surface area contributed by atoms with Gasteiger partial charge < -0.3 is 4.74 Å². The topological polar surface area (TPSA) is 60.7 Å². The van der Waals surface area contributed by atoms with Gasteiger partial charge in [-0.2, -0.15) is 0 Å². The van der Waals surface area contributed by atoms with Crippen LogP contribution in [0.15, 0.2) is 76.4 Å². The van der Waals surface area contributed by atoms with Gasteiger partial charge in [0.05, 0.1) is 5.69 Å². The van der Waals surface area contributed by atoms with Crippen LogP contribution in [0.4, 0.5) is 0 Å². The van der Waals surface area contributed by atoms with Crippen LogP contribution in [0.5, 0.6) is 0 Å². The summed E-state index contributed by atoms with van der Waals surface area (Å²) in [6.45, 7) is -0.0220. The summed E-state index contributed by atoms with van der Waals surface area (Å²) in [6.07, 6.45) is 4.17. The summed E-state index contributed by atoms with van der Waals surface area (Å²) in [4.78, 5) is 33.4. The molecule has 0 radical (unpaired) electrons. The van der Waals surface area contributed by atoms with Gasteiger partial charge in [0.1, 0.15) is 11.9 Å². The van der Waals surface area contributed by atoms with E-state index < -0.39 is 5.25 Å². The fraction of sp³-hybridized carbons (Fsp3) is 0.240. The van der Waals surface area contributed by atoms with Crippen molar-refractivity contribution in [2.24, 2.45) is 0 Å². The lowest BCUT2D eigenvalue weighted by molar-refractivity contribution is -0.144. The number of fused-ring (bicyclic) bond motifs is 3. The molecule has 5 nitrogen and oxygen atoms in total. The van der Waals surface area contributed by atoms with Gasteiger partial charge in [-0.1, -0.05) is 48.5 Å². The Morgan fingerprint density at radius 3 is 2.56 bits per heavy atom. The predicted molar refractivity (Wildman–Crippen MR) is 127 cm³/mol. The Morgan fingerprint density at radius 2 is 1.78 bits per heavy atom. The van der Waals surface area contributed by atoms with E-state index >= 15 is 0 Å². The molecule has 0 aliphatic heterocycles. The van der Waals surface area contributed by atoms with E-state index in [0.29, 0.717) is 10.7 Å². The number of thioether (sulfide) groups is 1. The molecule has 0 saturated carbocycles. The molecular formula is C25H22N2O3S2. The molecule has 4 aromatic rings. The van der Waals surface area contributed by atoms with Crippen LogP contribution in [-0.4, -0.2) is 15.4 Å². The van der Waals surface area contributed by atoms with Crippen molar-refractivity contribution in [1.82, 2.24) is 9.38 Å². The smallest absolute Gasteiger partial charge is 0.324 e. The fourth-order valence-electron chi connectivity index (χ4n) is 3.95. The molecule has 0 fully saturated rings. The Kier molecular flexibility index (Phi) is 6.10. The molecule has 1 atom stereocenters. The number of thiazole rings is 1. The maximum Gasteiger partial charge on any atom is 0.324 e. The molecule has 7 heteroatoms. The van der Waals surface area contributed by atoms with Crippen LogP contribution in [0.1, 0.15) is 39.9 Å². The van der Waals surface area contributed by atoms with Crippen LogP contribution < -0.4 is 5.56 Å². The van der Waals surface area contributed by atoms with Crippen molar-refractivity contribution in [2.45, 2.75) is 42.4 Å². The molecule has 0 amide bonds. The number of hydrogen-bond donors (Lipinski definition) is 0. The molecule has 1 aliphatic rings. The van der Waals surface area contributed by atoms with E-state index in [0.717, 1.165) is 41.8 Å². The molecule has 162 valence electrons. The second kappa shape index (κ2) is 9.30. The highest BCUT2D eigenvalue weighted by molar-refractivity contribution is 8.00. The SMILES string of the molecule is O=C(OCc1cc(=O)n2c3c(sc2n1)CCCC3)C(Sc1ccccc1)c1ccccc1. The Labute approximate surface area is 194 Å². The Hall–Kier alpha value is -2.90. The summed E-state index contributed by atoms with van der Waals surface area (Å²) >= 11 is 3.02. The lowest BCUT2D eigenvalue weighted by Crippen LogP contribution is -2.19. The fourth-order valence-corrected chi connectivity index (χ4v) is 6.23. The normalized spacial score (nSPS) is 14.1. The zero-order valence-corrected chi connectivity index (χ0v) is 19.0. The second-order valence-electron chi connectivity index (χ2n) is 7.71. The van der Waals surface area contributed by atoms with Crippen LogP contribution in [0.25, 0.3) is 4.96 Å². The van der Waals surface area contributed by atoms with Crippen LogP contribution in [-0.2, 0) is 29.0 Å². The Morgan fingerprint density at radius 1 is 1.06 bits per heavy atom. The van der Waals surface area contributed by atoms with Crippen LogP contribution in [0, 0.1) is 0 Å². The number of esters is 1. The second-order valence-corrected chi connectivity index (χ2v) is 9.95. The summed E-state index contributed by atoms with van der Waals surface area (Å²) < 4.78 is 7.38. The predicted octanol–water partition coefficient (Wildman–Crippen LogP) is 5.21. The van der Waals surface area contributed by atoms with Gasteiger partial charge in [-0.05, 0) is 43.4 Å². The number of aromatic nitrogens is 2. The van der Waals surface area contributed by atoms with E-state index in [1.54, 1.807) is 15.7 Å². The van der Waals surface area contributed by atoms with Gasteiger partial charge in [0.2, 0.25) is 0 Å². The average molecular weight is 463 g/mol. The Balaban J connectivity index is 1.37. The summed E-state index contributed by atoms with van der Waals surface area (Å²) in [5.74, 6) is -0.350. The Bertz CT molecular complexity index is 1300. The van der Waals surface area contributed by atoms with Crippen molar-refractivity contribution in [3.05, 3.63) is 98.9 Å². The standard InChI is InChI=1S/C25H22N2O3S2/c28-22-15-18(26-25-27(22)20-13-7-8-14-21(20)32-25)16-30-24(29)23(17-9-3-1-4-10-17)31-19-11-5-2-6-12-19/h1-6,9-12,15,23H,7-8,13-14,16H2. The summed E-state index contributed by atoms with van der Waals surface area (Å²) in [5, 5.41) is -0.502. The molecule has 0 spiro atoms. The first-order valence-corrected chi connectivity index (χ1v) is 12.4. The highest BCUT2D eigenvalue weighted by Gasteiger charge is 2.24. The van der Waals surface area contributed by atoms with E-state index in [1.165, 1.54) is 22.7 Å². The lowest BCUT2D eigenvalue weighted by Gasteiger charge is -2.16. The third kappa shape index (κ3) is 4.36. The van der Waals surface area contributed by atoms with Gasteiger partial charge in [-0.25, -0.2) is 4.98 Å². The highest BCUT2D eigenvalue weighted by Crippen LogP contribution is 2.36. The summed E-state index contributed by atoms with van der Waals surface area (Å²) in [5.41, 5.74) is 2.36. The van der Waals surface area contributed by atoms with Gasteiger partial charge in [0, 0.05) is 21.5 Å². The first-order valence-electron chi connectivity index (χ1n) is 10.7. The third-order valence-electron chi connectivity index (χ3n) is 5.49. The zero-order valence-electron chi connectivity index (χ0n) is 17.4. The molecule has 0 bridgehead atoms. The first-order chi connectivity index (χ1) is 15.7. The summed E-state index contributed by atoms with van der Waals surface area (Å²) in [6, 6.07) is 20.9. The molecule has 2 aromatic carbocycles. The largest absolute Gasteiger partial charge is 0.458 e. The quantitative estimate of drug-likeness (QED) is 0.291. The van der Waals surface area contributed by atoms with E-state index in [-0.39, 0.29) is 18.1 Å². The molecular weight excluding hydrogens is 440 g/mol. The monoisotopic (exact) mass is 462 g/mol. The van der Waals surface area contributed by atoms with Gasteiger partial charge >= 0.3 is 5.97 Å². The molecule has 0 saturated heterocycles. The van der Waals surface area contributed by atoms with E-state index in [4.69, 9.17) is 4.74 Å². The molecule has 0 N–H and O–H groups in total. The zero-order chi connectivity index (χ0) is 21.9. The third-order valence-corrected chi connectivity index (χ3v) is 7.88. The maximum absolute atomic E-state index is 13.1. The minimum Gasteiger partial charge on any atom is -0.458 e. The van der Waals surface area contributed by atoms with Gasteiger partial charge in [0.25, 0.3) is 5.56 Å². The number of ether oxygens (including phenoxy) is 1. The minimum atomic E-state index is -0.502. The number of carbonyl (C=O) groups is 1. The van der Waals surface area contributed by atoms with Crippen LogP contribution in [0.3, 0.4) is 0 Å². The van der Waals surface area contributed by atoms with Gasteiger partial charge in [-0.3, -0.25) is 14.0 Å². The number of aryl methyl sites for hydroxylation is 2. The first kappa shape index (κ1) is 21.0. The van der Waals surface area contributed by atoms with Crippen molar-refractivity contribution in [1.29, 1.82) is 0 Å². The number of carbonyl (C=O) groups excluding carboxylic acids is 1. The molecule has 32 heavy (non-hydrogen) atoms. The van der Waals surface area contributed by atoms with Gasteiger partial charge in [-0.15, -0.1) is 23.1 Å². The molecule has 1 aliphatic carbocycles. The van der Waals surface area contributed by atoms with Crippen molar-refractivity contribution < 1.29 is 9.53 Å². The maximum atomic E-state index is 13.1. The van der Waals surface area contributed by atoms with Crippen molar-refractivity contribution >= 4 is 34.0 Å². The molecule has 1 unspecified atom stereocenters. The number of benzene rings is 2. The number of hydrogen-bond acceptors (Lipinski definition) is 6. The van der Waals surface area contributed by atoms with Crippen molar-refractivity contribution in [3.63, 3.8) is 0 Å². The lowest BCUT2D eigenvalue weighted by atomic mass is 10.0. The van der Waals surface area contributed by atoms with Gasteiger partial charge in [0.15, 0.2) is 4.96 Å². The van der Waals surface area contributed by atoms with Crippen molar-refractivity contribution in [3.8, 4) is 0 Å². The van der Waals surface area contributed by atoms with E-state index in [1.807, 2.05) is 60.7 Å².